The van der Waals surface area contributed by atoms with Crippen molar-refractivity contribution in [3.63, 3.8) is 0 Å². The molecule has 0 bridgehead atoms. The molecule has 0 aromatic carbocycles. The average Bonchev–Trinajstić information content (AvgIpc) is 3.19. The number of pyridine rings is 1. The summed E-state index contributed by atoms with van der Waals surface area (Å²) in [5.74, 6) is 0.601. The summed E-state index contributed by atoms with van der Waals surface area (Å²) >= 11 is 2.95. The van der Waals surface area contributed by atoms with Crippen molar-refractivity contribution in [2.24, 2.45) is 5.92 Å². The number of aromatic nitrogens is 2. The molecule has 33 heavy (non-hydrogen) atoms. The monoisotopic (exact) mass is 490 g/mol. The summed E-state index contributed by atoms with van der Waals surface area (Å²) in [4.78, 5) is 38.2. The van der Waals surface area contributed by atoms with Gasteiger partial charge in [-0.05, 0) is 37.3 Å². The van der Waals surface area contributed by atoms with Gasteiger partial charge in [0.2, 0.25) is 11.8 Å². The van der Waals surface area contributed by atoms with Crippen molar-refractivity contribution in [1.29, 1.82) is 0 Å². The Labute approximate surface area is 202 Å². The van der Waals surface area contributed by atoms with Crippen LogP contribution in [0.3, 0.4) is 0 Å². The lowest BCUT2D eigenvalue weighted by Gasteiger charge is -2.30. The number of rotatable bonds is 8. The Hall–Kier alpha value is -2.01. The molecule has 10 heteroatoms. The number of thiazole rings is 1. The molecule has 2 aliphatic heterocycles. The molecule has 0 N–H and O–H groups in total. The Morgan fingerprint density at radius 2 is 2.18 bits per heavy atom. The third-order valence-corrected chi connectivity index (χ3v) is 7.95. The van der Waals surface area contributed by atoms with E-state index in [0.717, 1.165) is 41.7 Å². The van der Waals surface area contributed by atoms with Gasteiger partial charge in [-0.15, -0.1) is 11.3 Å². The molecule has 2 fully saturated rings. The van der Waals surface area contributed by atoms with Crippen LogP contribution in [-0.2, 0) is 25.7 Å². The van der Waals surface area contributed by atoms with E-state index in [0.29, 0.717) is 32.2 Å². The highest BCUT2D eigenvalue weighted by molar-refractivity contribution is 8.01. The molecular weight excluding hydrogens is 460 g/mol. The van der Waals surface area contributed by atoms with Crippen molar-refractivity contribution in [3.8, 4) is 0 Å². The van der Waals surface area contributed by atoms with Crippen molar-refractivity contribution in [3.05, 3.63) is 41.2 Å². The van der Waals surface area contributed by atoms with Gasteiger partial charge in [-0.3, -0.25) is 14.6 Å². The van der Waals surface area contributed by atoms with Crippen LogP contribution in [0.2, 0.25) is 0 Å². The number of carbonyl (C=O) groups excluding carboxylic acids is 2. The third kappa shape index (κ3) is 7.23. The Kier molecular flexibility index (Phi) is 8.71. The predicted octanol–water partition coefficient (Wildman–Crippen LogP) is 2.62. The number of nitrogens with zero attached hydrogens (tertiary/aromatic N) is 4. The number of amides is 2. The Balaban J connectivity index is 1.41. The van der Waals surface area contributed by atoms with Gasteiger partial charge in [0.05, 0.1) is 25.0 Å². The van der Waals surface area contributed by atoms with Gasteiger partial charge in [-0.2, -0.15) is 0 Å². The van der Waals surface area contributed by atoms with Gasteiger partial charge >= 0.3 is 0 Å². The first kappa shape index (κ1) is 24.1. The molecule has 4 rings (SSSR count). The lowest BCUT2D eigenvalue weighted by molar-refractivity contribution is -0.137. The lowest BCUT2D eigenvalue weighted by Crippen LogP contribution is -2.42. The maximum atomic E-state index is 13.1. The molecular formula is C23H30N4O4S2. The number of hydrogen-bond donors (Lipinski definition) is 0. The second-order valence-corrected chi connectivity index (χ2v) is 10.5. The predicted molar refractivity (Wildman–Crippen MR) is 127 cm³/mol. The van der Waals surface area contributed by atoms with Crippen LogP contribution < -0.4 is 0 Å². The van der Waals surface area contributed by atoms with E-state index in [2.05, 4.69) is 9.97 Å². The maximum absolute atomic E-state index is 13.1. The van der Waals surface area contributed by atoms with Crippen LogP contribution in [0.4, 0.5) is 0 Å². The smallest absolute Gasteiger partial charge is 0.242 e. The van der Waals surface area contributed by atoms with Crippen molar-refractivity contribution >= 4 is 34.9 Å². The standard InChI is InChI=1S/C23H30N4O4S2/c1-17-15-32-23(25-17)33-16-22(29)27-12-20(31-14-19-3-2-6-24-9-19)11-26(21(28)13-27)10-18-4-7-30-8-5-18/h2-3,6,9,15,18,20H,4-5,7-8,10-14,16H2,1H3/t20-/m1/s1. The van der Waals surface area contributed by atoms with Gasteiger partial charge in [0.1, 0.15) is 0 Å². The molecule has 2 amide bonds. The highest BCUT2D eigenvalue weighted by Gasteiger charge is 2.32. The lowest BCUT2D eigenvalue weighted by atomic mass is 9.99. The van der Waals surface area contributed by atoms with Crippen molar-refractivity contribution < 1.29 is 19.1 Å². The summed E-state index contributed by atoms with van der Waals surface area (Å²) in [5, 5.41) is 1.97. The van der Waals surface area contributed by atoms with Gasteiger partial charge in [-0.1, -0.05) is 17.8 Å². The summed E-state index contributed by atoms with van der Waals surface area (Å²) in [7, 11) is 0. The Morgan fingerprint density at radius 3 is 2.91 bits per heavy atom. The van der Waals surface area contributed by atoms with Crippen LogP contribution >= 0.6 is 23.1 Å². The molecule has 0 unspecified atom stereocenters. The zero-order valence-electron chi connectivity index (χ0n) is 18.9. The number of hydrogen-bond acceptors (Lipinski definition) is 8. The number of carbonyl (C=O) groups is 2. The molecule has 0 spiro atoms. The van der Waals surface area contributed by atoms with E-state index in [1.54, 1.807) is 17.3 Å². The molecule has 0 radical (unpaired) electrons. The zero-order chi connectivity index (χ0) is 23.0. The number of ether oxygens (including phenoxy) is 2. The van der Waals surface area contributed by atoms with E-state index in [-0.39, 0.29) is 30.2 Å². The quantitative estimate of drug-likeness (QED) is 0.526. The molecule has 1 atom stereocenters. The fourth-order valence-electron chi connectivity index (χ4n) is 4.00. The number of thioether (sulfide) groups is 1. The van der Waals surface area contributed by atoms with Crippen molar-refractivity contribution in [2.45, 2.75) is 36.8 Å². The zero-order valence-corrected chi connectivity index (χ0v) is 20.5. The first-order chi connectivity index (χ1) is 16.1. The molecule has 178 valence electrons. The summed E-state index contributed by atoms with van der Waals surface area (Å²) in [6.45, 7) is 5.47. The second kappa shape index (κ2) is 11.9. The van der Waals surface area contributed by atoms with Crippen LogP contribution in [0.25, 0.3) is 0 Å². The molecule has 4 heterocycles. The maximum Gasteiger partial charge on any atom is 0.242 e. The van der Waals surface area contributed by atoms with Gasteiger partial charge in [-0.25, -0.2) is 4.98 Å². The van der Waals surface area contributed by atoms with Crippen LogP contribution in [0.15, 0.2) is 34.2 Å². The largest absolute Gasteiger partial charge is 0.381 e. The highest BCUT2D eigenvalue weighted by Crippen LogP contribution is 2.24. The minimum absolute atomic E-state index is 0.0163. The van der Waals surface area contributed by atoms with E-state index in [9.17, 15) is 9.59 Å². The SMILES string of the molecule is Cc1csc(SCC(=O)N2CC(=O)N(CC3CCOCC3)C[C@@H](OCc3cccnc3)C2)n1. The van der Waals surface area contributed by atoms with E-state index >= 15 is 0 Å². The van der Waals surface area contributed by atoms with Gasteiger partial charge < -0.3 is 19.3 Å². The first-order valence-electron chi connectivity index (χ1n) is 11.3. The van der Waals surface area contributed by atoms with Crippen molar-refractivity contribution in [1.82, 2.24) is 19.8 Å². The van der Waals surface area contributed by atoms with E-state index < -0.39 is 0 Å². The molecule has 2 aromatic rings. The topological polar surface area (TPSA) is 84.9 Å². The number of aryl methyl sites for hydroxylation is 1. The summed E-state index contributed by atoms with van der Waals surface area (Å²) in [6, 6.07) is 3.84. The summed E-state index contributed by atoms with van der Waals surface area (Å²) < 4.78 is 12.5. The fourth-order valence-corrected chi connectivity index (χ4v) is 5.75. The van der Waals surface area contributed by atoms with Gasteiger partial charge in [0.15, 0.2) is 4.34 Å². The Bertz CT molecular complexity index is 920. The summed E-state index contributed by atoms with van der Waals surface area (Å²) in [5.41, 5.74) is 1.92. The molecule has 0 aliphatic carbocycles. The third-order valence-electron chi connectivity index (χ3n) is 5.82. The van der Waals surface area contributed by atoms with Crippen molar-refractivity contribution in [2.75, 3.05) is 45.1 Å². The molecule has 2 saturated heterocycles. The van der Waals surface area contributed by atoms with Crippen LogP contribution in [-0.4, -0.2) is 82.8 Å². The Morgan fingerprint density at radius 1 is 1.33 bits per heavy atom. The van der Waals surface area contributed by atoms with E-state index in [1.165, 1.54) is 23.1 Å². The normalized spacial score (nSPS) is 20.2. The molecule has 2 aromatic heterocycles. The minimum Gasteiger partial charge on any atom is -0.381 e. The molecule has 8 nitrogen and oxygen atoms in total. The van der Waals surface area contributed by atoms with Crippen LogP contribution in [0, 0.1) is 12.8 Å². The average molecular weight is 491 g/mol. The summed E-state index contributed by atoms with van der Waals surface area (Å²) in [6.07, 6.45) is 5.16. The van der Waals surface area contributed by atoms with E-state index in [4.69, 9.17) is 9.47 Å². The first-order valence-corrected chi connectivity index (χ1v) is 13.1. The highest BCUT2D eigenvalue weighted by atomic mass is 32.2. The van der Waals surface area contributed by atoms with Gasteiger partial charge in [0, 0.05) is 56.3 Å². The fraction of sp³-hybridized carbons (Fsp3) is 0.565. The van der Waals surface area contributed by atoms with Crippen LogP contribution in [0.5, 0.6) is 0 Å². The second-order valence-electron chi connectivity index (χ2n) is 8.47. The molecule has 2 aliphatic rings. The van der Waals surface area contributed by atoms with E-state index in [1.807, 2.05) is 29.3 Å². The van der Waals surface area contributed by atoms with Gasteiger partial charge in [0.25, 0.3) is 0 Å². The minimum atomic E-state index is -0.257. The van der Waals surface area contributed by atoms with Crippen LogP contribution in [0.1, 0.15) is 24.1 Å². The molecule has 0 saturated carbocycles.